The van der Waals surface area contributed by atoms with Crippen LogP contribution in [0.25, 0.3) is 22.3 Å². The maximum Gasteiger partial charge on any atom is 0.303 e. The van der Waals surface area contributed by atoms with Crippen LogP contribution in [0.5, 0.6) is 0 Å². The lowest BCUT2D eigenvalue weighted by atomic mass is 9.86. The summed E-state index contributed by atoms with van der Waals surface area (Å²) in [7, 11) is 2.67. The SMILES string of the molecule is CC(C)[C@@H]1CC(=O)[C@H](Cc2ccccc2)NC(=O)CSC[C@@H](C(=O)NCC(N)=O)NC(=O)[C@@H]2CCCN2C(=O)[C@H](CO)NC(=O)[C@H](CCC(=O)O)CC(=O)[C@H](C)N(C)C(=O)[C@H](Cc2ccc(-c3ccccc3)cc2)CC(=O)[C@H](Cc2ccccc2)N(C)C(=O)[C@H](Cc2ccc(-c3ccccc3)cc2)CC(=O)[C@H]([C@@H](C)O)NC(=O)[C@H]([C@@H](C)O)NC(=O)[C@H](CO)NC1=O. The number of nitrogens with one attached hydrogen (secondary N) is 7. The summed E-state index contributed by atoms with van der Waals surface area (Å²) in [5.41, 5.74) is 10.9. The molecule has 6 aromatic rings. The number of amides is 11. The van der Waals surface area contributed by atoms with Gasteiger partial charge in [0.15, 0.2) is 23.1 Å². The standard InChI is InChI=1S/C93H115N11O21S/c1-54(2)69-48-77(110)70(43-58-21-12-8-13-22-58)96-81(114)53-126-52-73(87(119)95-49-80(94)113)99-89(121)74-29-20-40-104(74)93(125)72(51-106)98-85(117)66(38-39-82(115)116)45-76(109)55(3)102(6)91(123)67(41-60-30-34-64(35-31-60)62-25-16-10-17-26-62)46-78(111)75(44-59-23-14-9-15-24-59)103(7)92(124)68(42-61-32-36-65(37-33-61)63-27-18-11-19-28-63)47-79(112)83(56(4)107)100-90(122)84(57(5)108)101-88(120)71(50-105)97-86(69)118/h8-19,21-28,30-37,54-57,66-75,83-84,105-108H,20,29,38-53H2,1-7H3,(H2,94,113)(H,95,119)(H,96,114)(H,97,118)(H,98,117)(H,99,121)(H,100,122)(H,101,120)(H,115,116)/t55-,56+,57+,66+,67+,68+,69-,70-,71-,72-,73-,74-,75-,83-,84-/m0/s1. The molecular weight excluding hydrogens is 1640 g/mol. The molecule has 6 aromatic carbocycles. The average molecular weight is 1760 g/mol. The summed E-state index contributed by atoms with van der Waals surface area (Å²) in [6.45, 7) is 3.84. The van der Waals surface area contributed by atoms with Crippen LogP contribution in [0.4, 0.5) is 0 Å². The number of aliphatic hydroxyl groups is 4. The van der Waals surface area contributed by atoms with Crippen molar-refractivity contribution in [1.82, 2.24) is 51.9 Å². The van der Waals surface area contributed by atoms with E-state index in [1.54, 1.807) is 98.8 Å². The van der Waals surface area contributed by atoms with Crippen molar-refractivity contribution in [3.63, 3.8) is 0 Å². The van der Waals surface area contributed by atoms with E-state index in [0.717, 1.165) is 50.7 Å². The fraction of sp³-hybridized carbons (Fsp3) is 0.441. The van der Waals surface area contributed by atoms with E-state index in [4.69, 9.17) is 5.73 Å². The molecule has 15 atom stereocenters. The number of carboxylic acids is 1. The number of aliphatic carboxylic acids is 1. The normalized spacial score (nSPS) is 24.3. The molecule has 126 heavy (non-hydrogen) atoms. The Bertz CT molecular complexity index is 4780. The number of thioether (sulfide) groups is 1. The smallest absolute Gasteiger partial charge is 0.303 e. The molecule has 8 rings (SSSR count). The largest absolute Gasteiger partial charge is 0.481 e. The van der Waals surface area contributed by atoms with Crippen molar-refractivity contribution in [2.45, 2.75) is 178 Å². The van der Waals surface area contributed by atoms with E-state index in [1.807, 2.05) is 84.9 Å². The highest BCUT2D eigenvalue weighted by atomic mass is 32.2. The number of hydrogen-bond donors (Lipinski definition) is 13. The molecule has 14 N–H and O–H groups in total. The van der Waals surface area contributed by atoms with Gasteiger partial charge in [0, 0.05) is 82.2 Å². The van der Waals surface area contributed by atoms with Gasteiger partial charge in [-0.15, -0.1) is 11.8 Å². The summed E-state index contributed by atoms with van der Waals surface area (Å²) in [5.74, 6) is -22.1. The summed E-state index contributed by atoms with van der Waals surface area (Å²) < 4.78 is 0. The van der Waals surface area contributed by atoms with Crippen LogP contribution in [-0.2, 0) is 102 Å². The number of nitrogens with two attached hydrogens (primary N) is 1. The predicted molar refractivity (Wildman–Crippen MR) is 468 cm³/mol. The molecule has 0 aliphatic carbocycles. The monoisotopic (exact) mass is 1750 g/mol. The van der Waals surface area contributed by atoms with Gasteiger partial charge in [0.05, 0.1) is 55.8 Å². The summed E-state index contributed by atoms with van der Waals surface area (Å²) in [4.78, 5) is 234. The number of likely N-dealkylation sites (N-methyl/N-ethyl adjacent to an activating group) is 2. The molecule has 2 heterocycles. The second-order valence-corrected chi connectivity index (χ2v) is 33.6. The number of benzene rings is 6. The molecule has 33 heteroatoms. The lowest BCUT2D eigenvalue weighted by Crippen LogP contribution is -2.61. The number of rotatable bonds is 21. The van der Waals surface area contributed by atoms with Gasteiger partial charge >= 0.3 is 5.97 Å². The number of aliphatic hydroxyl groups excluding tert-OH is 4. The van der Waals surface area contributed by atoms with Gasteiger partial charge in [-0.2, -0.15) is 0 Å². The minimum atomic E-state index is -1.97. The topological polar surface area (TPSA) is 494 Å². The number of hydrogen-bond acceptors (Lipinski definition) is 21. The van der Waals surface area contributed by atoms with Gasteiger partial charge in [0.2, 0.25) is 65.0 Å². The Morgan fingerprint density at radius 2 is 0.960 bits per heavy atom. The van der Waals surface area contributed by atoms with Crippen LogP contribution >= 0.6 is 11.8 Å². The Morgan fingerprint density at radius 3 is 1.47 bits per heavy atom. The number of carbonyl (C=O) groups is 16. The Labute approximate surface area is 736 Å². The predicted octanol–water partition coefficient (Wildman–Crippen LogP) is 2.78. The van der Waals surface area contributed by atoms with E-state index in [9.17, 15) is 83.1 Å². The molecule has 2 fully saturated rings. The number of fused-ring (bicyclic) bond motifs is 1. The molecule has 0 saturated carbocycles. The van der Waals surface area contributed by atoms with Gasteiger partial charge < -0.3 is 83.2 Å². The van der Waals surface area contributed by atoms with E-state index in [-0.39, 0.29) is 50.8 Å². The van der Waals surface area contributed by atoms with Crippen LogP contribution in [-0.4, -0.2) is 253 Å². The van der Waals surface area contributed by atoms with Crippen molar-refractivity contribution in [2.75, 3.05) is 51.9 Å². The highest BCUT2D eigenvalue weighted by Crippen LogP contribution is 2.30. The summed E-state index contributed by atoms with van der Waals surface area (Å²) in [6.07, 6.45) is -7.75. The Hall–Kier alpha value is -12.2. The highest BCUT2D eigenvalue weighted by molar-refractivity contribution is 8.00. The lowest BCUT2D eigenvalue weighted by Gasteiger charge is -2.33. The van der Waals surface area contributed by atoms with Crippen molar-refractivity contribution < 1.29 is 102 Å². The molecule has 0 spiro atoms. The zero-order valence-electron chi connectivity index (χ0n) is 71.7. The Balaban J connectivity index is 1.18. The molecule has 0 bridgehead atoms. The van der Waals surface area contributed by atoms with Crippen LogP contribution in [0.1, 0.15) is 108 Å². The van der Waals surface area contributed by atoms with Gasteiger partial charge in [-0.3, -0.25) is 76.7 Å². The molecular formula is C93H115N11O21S. The first kappa shape index (κ1) is 99.3. The van der Waals surface area contributed by atoms with E-state index < -0.39 is 254 Å². The second-order valence-electron chi connectivity index (χ2n) is 32.6. The second kappa shape index (κ2) is 48.4. The Morgan fingerprint density at radius 1 is 0.484 bits per heavy atom. The zero-order valence-corrected chi connectivity index (χ0v) is 72.5. The first-order valence-electron chi connectivity index (χ1n) is 42.1. The van der Waals surface area contributed by atoms with Gasteiger partial charge in [0.25, 0.3) is 0 Å². The van der Waals surface area contributed by atoms with E-state index in [0.29, 0.717) is 22.3 Å². The number of carbonyl (C=O) groups excluding carboxylic acids is 15. The van der Waals surface area contributed by atoms with Crippen molar-refractivity contribution in [2.24, 2.45) is 35.3 Å². The number of Topliss-reactive ketones (excluding diaryl/α,β-unsaturated/α-hetero) is 4. The maximum absolute atomic E-state index is 15.9. The average Bonchev–Trinajstić information content (AvgIpc) is 1.32. The molecule has 0 radical (unpaired) electrons. The molecule has 0 unspecified atom stereocenters. The van der Waals surface area contributed by atoms with Gasteiger partial charge in [0.1, 0.15) is 36.3 Å². The van der Waals surface area contributed by atoms with E-state index in [2.05, 4.69) is 37.2 Å². The molecule has 2 aliphatic heterocycles. The summed E-state index contributed by atoms with van der Waals surface area (Å²) in [5, 5.41) is 71.5. The van der Waals surface area contributed by atoms with Gasteiger partial charge in [-0.05, 0) is 116 Å². The number of carboxylic acid groups (broad SMARTS) is 1. The third kappa shape index (κ3) is 28.9. The molecule has 11 amide bonds. The van der Waals surface area contributed by atoms with Gasteiger partial charge in [-0.25, -0.2) is 0 Å². The van der Waals surface area contributed by atoms with Gasteiger partial charge in [-0.1, -0.05) is 184 Å². The number of primary amides is 1. The fourth-order valence-corrected chi connectivity index (χ4v) is 16.2. The number of ketones is 4. The van der Waals surface area contributed by atoms with Crippen LogP contribution in [0.2, 0.25) is 0 Å². The fourth-order valence-electron chi connectivity index (χ4n) is 15.4. The van der Waals surface area contributed by atoms with Crippen molar-refractivity contribution in [1.29, 1.82) is 0 Å². The molecule has 674 valence electrons. The van der Waals surface area contributed by atoms with Crippen molar-refractivity contribution in [3.05, 3.63) is 192 Å². The van der Waals surface area contributed by atoms with Crippen molar-refractivity contribution in [3.8, 4) is 22.3 Å². The third-order valence-electron chi connectivity index (χ3n) is 22.9. The van der Waals surface area contributed by atoms with E-state index in [1.165, 1.54) is 32.8 Å². The van der Waals surface area contributed by atoms with Crippen molar-refractivity contribution >= 4 is 106 Å². The van der Waals surface area contributed by atoms with E-state index >= 15 is 19.2 Å². The molecule has 2 aliphatic rings. The minimum absolute atomic E-state index is 0.0183. The molecule has 2 saturated heterocycles. The van der Waals surface area contributed by atoms with Crippen LogP contribution < -0.4 is 43.0 Å². The maximum atomic E-state index is 15.9. The molecule has 0 aromatic heterocycles. The molecule has 32 nitrogen and oxygen atoms in total. The Kier molecular flexibility index (Phi) is 38.1. The first-order valence-corrected chi connectivity index (χ1v) is 43.3. The lowest BCUT2D eigenvalue weighted by molar-refractivity contribution is -0.146. The number of nitrogens with zero attached hydrogens (tertiary/aromatic N) is 3. The van der Waals surface area contributed by atoms with Crippen LogP contribution in [0.3, 0.4) is 0 Å². The minimum Gasteiger partial charge on any atom is -0.481 e. The summed E-state index contributed by atoms with van der Waals surface area (Å²) >= 11 is 0.798. The highest BCUT2D eigenvalue weighted by Gasteiger charge is 2.44. The quantitative estimate of drug-likeness (QED) is 0.0493. The summed E-state index contributed by atoms with van der Waals surface area (Å²) in [6, 6.07) is 35.5. The third-order valence-corrected chi connectivity index (χ3v) is 23.9. The van der Waals surface area contributed by atoms with Crippen LogP contribution in [0.15, 0.2) is 170 Å². The van der Waals surface area contributed by atoms with Crippen LogP contribution in [0, 0.1) is 29.6 Å². The zero-order chi connectivity index (χ0) is 92.0. The first-order chi connectivity index (χ1) is 60.0.